The van der Waals surface area contributed by atoms with E-state index in [0.29, 0.717) is 16.8 Å². The summed E-state index contributed by atoms with van der Waals surface area (Å²) in [7, 11) is 0. The molecular formula is C20H19F2N5O2. The van der Waals surface area contributed by atoms with Crippen LogP contribution in [0.3, 0.4) is 0 Å². The maximum absolute atomic E-state index is 12.6. The molecule has 0 unspecified atom stereocenters. The molecule has 1 aromatic carbocycles. The zero-order valence-electron chi connectivity index (χ0n) is 15.8. The fourth-order valence-corrected chi connectivity index (χ4v) is 2.62. The summed E-state index contributed by atoms with van der Waals surface area (Å²) >= 11 is 0. The molecule has 0 aliphatic carbocycles. The lowest BCUT2D eigenvalue weighted by molar-refractivity contribution is 0.0949. The first kappa shape index (κ1) is 20.1. The van der Waals surface area contributed by atoms with Crippen molar-refractivity contribution in [1.82, 2.24) is 20.5 Å². The molecule has 2 heterocycles. The van der Waals surface area contributed by atoms with E-state index >= 15 is 0 Å². The van der Waals surface area contributed by atoms with Gasteiger partial charge in [-0.15, -0.1) is 0 Å². The number of alkyl halides is 2. The highest BCUT2D eigenvalue weighted by Gasteiger charge is 2.17. The third-order valence-electron chi connectivity index (χ3n) is 4.35. The number of hydrogen-bond acceptors (Lipinski definition) is 4. The number of nitrogens with one attached hydrogen (secondary N) is 3. The average Bonchev–Trinajstić information content (AvgIpc) is 3.19. The van der Waals surface area contributed by atoms with Crippen molar-refractivity contribution in [1.29, 1.82) is 0 Å². The van der Waals surface area contributed by atoms with Gasteiger partial charge in [-0.25, -0.2) is 8.78 Å². The molecule has 9 heteroatoms. The van der Waals surface area contributed by atoms with Crippen LogP contribution in [0.25, 0.3) is 0 Å². The summed E-state index contributed by atoms with van der Waals surface area (Å²) in [4.78, 5) is 29.0. The van der Waals surface area contributed by atoms with E-state index in [1.807, 2.05) is 19.1 Å². The summed E-state index contributed by atoms with van der Waals surface area (Å²) in [6.45, 7) is 3.93. The molecule has 0 saturated heterocycles. The Balaban J connectivity index is 1.70. The third-order valence-corrected chi connectivity index (χ3v) is 4.35. The quantitative estimate of drug-likeness (QED) is 0.590. The van der Waals surface area contributed by atoms with E-state index in [9.17, 15) is 18.4 Å². The van der Waals surface area contributed by atoms with Crippen molar-refractivity contribution in [3.05, 3.63) is 76.4 Å². The summed E-state index contributed by atoms with van der Waals surface area (Å²) in [5.74, 6) is -0.983. The van der Waals surface area contributed by atoms with Crippen LogP contribution in [0.15, 0.2) is 42.6 Å². The minimum Gasteiger partial charge on any atom is -0.346 e. The number of nitrogens with zero attached hydrogens (tertiary/aromatic N) is 2. The van der Waals surface area contributed by atoms with Crippen LogP contribution in [-0.2, 0) is 6.54 Å². The summed E-state index contributed by atoms with van der Waals surface area (Å²) < 4.78 is 25.3. The van der Waals surface area contributed by atoms with Crippen LogP contribution in [0.2, 0.25) is 0 Å². The van der Waals surface area contributed by atoms with Gasteiger partial charge in [0.25, 0.3) is 18.2 Å². The molecule has 0 fully saturated rings. The number of halogens is 2. The average molecular weight is 399 g/mol. The first-order chi connectivity index (χ1) is 13.8. The maximum Gasteiger partial charge on any atom is 0.279 e. The summed E-state index contributed by atoms with van der Waals surface area (Å²) in [5.41, 5.74) is 2.56. The zero-order chi connectivity index (χ0) is 21.0. The number of aromatic nitrogens is 3. The van der Waals surface area contributed by atoms with Crippen LogP contribution in [0.5, 0.6) is 0 Å². The third kappa shape index (κ3) is 4.81. The van der Waals surface area contributed by atoms with Crippen LogP contribution in [0.1, 0.15) is 49.8 Å². The molecule has 7 nitrogen and oxygen atoms in total. The van der Waals surface area contributed by atoms with Gasteiger partial charge in [0, 0.05) is 17.4 Å². The van der Waals surface area contributed by atoms with Crippen molar-refractivity contribution >= 4 is 17.5 Å². The number of aromatic amines is 1. The summed E-state index contributed by atoms with van der Waals surface area (Å²) in [5, 5.41) is 11.1. The molecule has 0 radical (unpaired) electrons. The SMILES string of the molecule is Cc1ccc(C(=O)NCc2ncccc2C)cc1NC(=O)c1cc(C(F)F)[nH]n1. The van der Waals surface area contributed by atoms with E-state index in [2.05, 4.69) is 25.8 Å². The second-order valence-electron chi connectivity index (χ2n) is 6.44. The van der Waals surface area contributed by atoms with E-state index in [1.165, 1.54) is 6.07 Å². The normalized spacial score (nSPS) is 10.8. The van der Waals surface area contributed by atoms with Crippen molar-refractivity contribution in [2.45, 2.75) is 26.8 Å². The topological polar surface area (TPSA) is 99.8 Å². The van der Waals surface area contributed by atoms with E-state index in [4.69, 9.17) is 0 Å². The van der Waals surface area contributed by atoms with Gasteiger partial charge in [-0.3, -0.25) is 19.7 Å². The van der Waals surface area contributed by atoms with Crippen LogP contribution in [0.4, 0.5) is 14.5 Å². The van der Waals surface area contributed by atoms with Gasteiger partial charge in [0.05, 0.1) is 12.2 Å². The lowest BCUT2D eigenvalue weighted by atomic mass is 10.1. The predicted molar refractivity (Wildman–Crippen MR) is 103 cm³/mol. The number of aryl methyl sites for hydroxylation is 2. The molecule has 3 N–H and O–H groups in total. The van der Waals surface area contributed by atoms with E-state index in [1.54, 1.807) is 25.3 Å². The smallest absolute Gasteiger partial charge is 0.279 e. The molecule has 0 atom stereocenters. The van der Waals surface area contributed by atoms with Gasteiger partial charge >= 0.3 is 0 Å². The highest BCUT2D eigenvalue weighted by atomic mass is 19.3. The number of carbonyl (C=O) groups excluding carboxylic acids is 2. The molecule has 0 aliphatic heterocycles. The number of hydrogen-bond donors (Lipinski definition) is 3. The molecule has 3 aromatic rings. The molecule has 0 aliphatic rings. The lowest BCUT2D eigenvalue weighted by Crippen LogP contribution is -2.24. The van der Waals surface area contributed by atoms with Crippen molar-refractivity contribution < 1.29 is 18.4 Å². The van der Waals surface area contributed by atoms with Gasteiger partial charge in [0.2, 0.25) is 0 Å². The number of pyridine rings is 1. The van der Waals surface area contributed by atoms with Crippen LogP contribution in [0, 0.1) is 13.8 Å². The predicted octanol–water partition coefficient (Wildman–Crippen LogP) is 3.54. The van der Waals surface area contributed by atoms with Gasteiger partial charge in [-0.1, -0.05) is 12.1 Å². The van der Waals surface area contributed by atoms with E-state index in [0.717, 1.165) is 17.3 Å². The lowest BCUT2D eigenvalue weighted by Gasteiger charge is -2.11. The molecule has 2 aromatic heterocycles. The van der Waals surface area contributed by atoms with Crippen molar-refractivity contribution in [3.63, 3.8) is 0 Å². The second kappa shape index (κ2) is 8.59. The monoisotopic (exact) mass is 399 g/mol. The van der Waals surface area contributed by atoms with Crippen LogP contribution in [-0.4, -0.2) is 27.0 Å². The Hall–Kier alpha value is -3.62. The fraction of sp³-hybridized carbons (Fsp3) is 0.200. The first-order valence-corrected chi connectivity index (χ1v) is 8.79. The van der Waals surface area contributed by atoms with Crippen molar-refractivity contribution in [2.24, 2.45) is 0 Å². The fourth-order valence-electron chi connectivity index (χ4n) is 2.62. The van der Waals surface area contributed by atoms with Gasteiger partial charge < -0.3 is 10.6 Å². The van der Waals surface area contributed by atoms with Crippen LogP contribution < -0.4 is 10.6 Å². The minimum absolute atomic E-state index is 0.166. The van der Waals surface area contributed by atoms with Crippen molar-refractivity contribution in [3.8, 4) is 0 Å². The Morgan fingerprint density at radius 3 is 2.59 bits per heavy atom. The Bertz CT molecular complexity index is 1050. The molecule has 3 rings (SSSR count). The Morgan fingerprint density at radius 1 is 1.10 bits per heavy atom. The number of anilines is 1. The van der Waals surface area contributed by atoms with E-state index in [-0.39, 0.29) is 18.1 Å². The largest absolute Gasteiger partial charge is 0.346 e. The molecular weight excluding hydrogens is 380 g/mol. The molecule has 150 valence electrons. The summed E-state index contributed by atoms with van der Waals surface area (Å²) in [6.07, 6.45) is -1.09. The van der Waals surface area contributed by atoms with Crippen LogP contribution >= 0.6 is 0 Å². The van der Waals surface area contributed by atoms with Crippen molar-refractivity contribution in [2.75, 3.05) is 5.32 Å². The number of amides is 2. The van der Waals surface area contributed by atoms with Gasteiger partial charge in [-0.2, -0.15) is 5.10 Å². The second-order valence-corrected chi connectivity index (χ2v) is 6.44. The summed E-state index contributed by atoms with van der Waals surface area (Å²) in [6, 6.07) is 9.55. The van der Waals surface area contributed by atoms with E-state index < -0.39 is 18.0 Å². The Kier molecular flexibility index (Phi) is 5.96. The Labute approximate surface area is 165 Å². The first-order valence-electron chi connectivity index (χ1n) is 8.79. The Morgan fingerprint density at radius 2 is 1.90 bits per heavy atom. The highest BCUT2D eigenvalue weighted by molar-refractivity contribution is 6.04. The van der Waals surface area contributed by atoms with Gasteiger partial charge in [-0.05, 0) is 49.2 Å². The minimum atomic E-state index is -2.75. The van der Waals surface area contributed by atoms with Gasteiger partial charge in [0.1, 0.15) is 5.69 Å². The number of carbonyl (C=O) groups is 2. The number of H-pyrrole nitrogens is 1. The molecule has 0 saturated carbocycles. The zero-order valence-corrected chi connectivity index (χ0v) is 15.8. The number of benzene rings is 1. The van der Waals surface area contributed by atoms with Gasteiger partial charge in [0.15, 0.2) is 5.69 Å². The molecule has 0 bridgehead atoms. The maximum atomic E-state index is 12.6. The molecule has 2 amide bonds. The molecule has 0 spiro atoms. The molecule has 29 heavy (non-hydrogen) atoms. The standard InChI is InChI=1S/C20H19F2N5O2/c1-11-4-3-7-23-17(11)10-24-19(28)13-6-5-12(2)14(8-13)25-20(29)16-9-15(18(21)22)26-27-16/h3-9,18H,10H2,1-2H3,(H,24,28)(H,25,29)(H,26,27). The highest BCUT2D eigenvalue weighted by Crippen LogP contribution is 2.20. The number of rotatable bonds is 6.